The van der Waals surface area contributed by atoms with Gasteiger partial charge >= 0.3 is 0 Å². The summed E-state index contributed by atoms with van der Waals surface area (Å²) in [6, 6.07) is 9.36. The number of anilines is 1. The first kappa shape index (κ1) is 13.1. The highest BCUT2D eigenvalue weighted by Gasteiger charge is 2.01. The van der Waals surface area contributed by atoms with E-state index in [1.165, 1.54) is 0 Å². The minimum absolute atomic E-state index is 0.654. The van der Waals surface area contributed by atoms with E-state index >= 15 is 0 Å². The third-order valence-electron chi connectivity index (χ3n) is 2.51. The minimum atomic E-state index is 0.654. The molecule has 0 saturated carbocycles. The van der Waals surface area contributed by atoms with Crippen molar-refractivity contribution >= 4 is 29.0 Å². The molecular weight excluding hydrogens is 269 g/mol. The van der Waals surface area contributed by atoms with Crippen molar-refractivity contribution in [2.45, 2.75) is 13.3 Å². The topological polar surface area (TPSA) is 37.8 Å². The number of rotatable bonds is 4. The van der Waals surface area contributed by atoms with Gasteiger partial charge in [0.15, 0.2) is 0 Å². The Hall–Kier alpha value is -1.32. The summed E-state index contributed by atoms with van der Waals surface area (Å²) in [5.74, 6) is 0.769. The van der Waals surface area contributed by atoms with Crippen LogP contribution in [0.5, 0.6) is 0 Å². The van der Waals surface area contributed by atoms with Crippen LogP contribution in [0.25, 0.3) is 0 Å². The van der Waals surface area contributed by atoms with E-state index in [9.17, 15) is 0 Å². The first-order valence-corrected chi connectivity index (χ1v) is 6.39. The number of nitrogens with one attached hydrogen (secondary N) is 1. The van der Waals surface area contributed by atoms with Gasteiger partial charge in [0.05, 0.1) is 5.69 Å². The Morgan fingerprint density at radius 3 is 2.61 bits per heavy atom. The number of hydrogen-bond donors (Lipinski definition) is 1. The zero-order valence-electron chi connectivity index (χ0n) is 9.95. The van der Waals surface area contributed by atoms with Gasteiger partial charge in [-0.25, -0.2) is 0 Å². The van der Waals surface area contributed by atoms with Crippen molar-refractivity contribution in [2.75, 3.05) is 11.9 Å². The maximum atomic E-state index is 6.09. The predicted octanol–water partition coefficient (Wildman–Crippen LogP) is 3.75. The molecular formula is C13H13Cl2N3. The van der Waals surface area contributed by atoms with E-state index < -0.39 is 0 Å². The highest BCUT2D eigenvalue weighted by Crippen LogP contribution is 2.21. The van der Waals surface area contributed by atoms with Gasteiger partial charge in [0.1, 0.15) is 5.82 Å². The van der Waals surface area contributed by atoms with Crippen LogP contribution in [0, 0.1) is 6.92 Å². The Morgan fingerprint density at radius 2 is 1.94 bits per heavy atom. The molecule has 0 atom stereocenters. The maximum Gasteiger partial charge on any atom is 0.148 e. The molecule has 1 heterocycles. The molecule has 0 bridgehead atoms. The van der Waals surface area contributed by atoms with E-state index in [-0.39, 0.29) is 0 Å². The number of nitrogens with zero attached hydrogens (tertiary/aromatic N) is 2. The fourth-order valence-electron chi connectivity index (χ4n) is 1.54. The average Bonchev–Trinajstić information content (AvgIpc) is 2.34. The molecule has 0 radical (unpaired) electrons. The van der Waals surface area contributed by atoms with E-state index in [2.05, 4.69) is 15.5 Å². The lowest BCUT2D eigenvalue weighted by Gasteiger charge is -2.07. The van der Waals surface area contributed by atoms with Crippen LogP contribution < -0.4 is 5.32 Å². The predicted molar refractivity (Wildman–Crippen MR) is 75.4 cm³/mol. The summed E-state index contributed by atoms with van der Waals surface area (Å²) in [6.45, 7) is 2.66. The highest BCUT2D eigenvalue weighted by atomic mass is 35.5. The Balaban J connectivity index is 1.90. The van der Waals surface area contributed by atoms with Gasteiger partial charge in [-0.3, -0.25) is 0 Å². The maximum absolute atomic E-state index is 6.09. The van der Waals surface area contributed by atoms with Crippen molar-refractivity contribution in [2.24, 2.45) is 0 Å². The quantitative estimate of drug-likeness (QED) is 0.928. The Morgan fingerprint density at radius 1 is 1.11 bits per heavy atom. The van der Waals surface area contributed by atoms with E-state index in [1.807, 2.05) is 31.2 Å². The lowest BCUT2D eigenvalue weighted by atomic mass is 10.1. The third-order valence-corrected chi connectivity index (χ3v) is 3.10. The molecule has 5 heteroatoms. The van der Waals surface area contributed by atoms with E-state index in [4.69, 9.17) is 23.2 Å². The second-order valence-corrected chi connectivity index (χ2v) is 4.82. The molecule has 2 aromatic rings. The highest BCUT2D eigenvalue weighted by molar-refractivity contribution is 6.35. The smallest absolute Gasteiger partial charge is 0.148 e. The van der Waals surface area contributed by atoms with Crippen LogP contribution in [0.3, 0.4) is 0 Å². The van der Waals surface area contributed by atoms with Crippen molar-refractivity contribution in [3.8, 4) is 0 Å². The number of halogens is 2. The molecule has 0 spiro atoms. The van der Waals surface area contributed by atoms with Crippen LogP contribution >= 0.6 is 23.2 Å². The first-order chi connectivity index (χ1) is 8.65. The summed E-state index contributed by atoms with van der Waals surface area (Å²) in [5.41, 5.74) is 1.97. The number of benzene rings is 1. The third kappa shape index (κ3) is 3.59. The van der Waals surface area contributed by atoms with Crippen molar-refractivity contribution in [3.63, 3.8) is 0 Å². The zero-order chi connectivity index (χ0) is 13.0. The first-order valence-electron chi connectivity index (χ1n) is 5.63. The second kappa shape index (κ2) is 6.03. The van der Waals surface area contributed by atoms with Gasteiger partial charge in [-0.2, -0.15) is 5.10 Å². The van der Waals surface area contributed by atoms with Crippen LogP contribution in [0.2, 0.25) is 10.0 Å². The molecule has 1 aromatic carbocycles. The normalized spacial score (nSPS) is 10.4. The molecule has 0 fully saturated rings. The SMILES string of the molecule is Cc1ccc(NCCc2ccc(Cl)cc2Cl)nn1. The van der Waals surface area contributed by atoms with Crippen molar-refractivity contribution in [3.05, 3.63) is 51.6 Å². The summed E-state index contributed by atoms with van der Waals surface area (Å²) in [5, 5.41) is 12.6. The molecule has 0 aliphatic heterocycles. The summed E-state index contributed by atoms with van der Waals surface area (Å²) in [7, 11) is 0. The molecule has 1 aromatic heterocycles. The lowest BCUT2D eigenvalue weighted by Crippen LogP contribution is -2.07. The van der Waals surface area contributed by atoms with Gasteiger partial charge < -0.3 is 5.32 Å². The monoisotopic (exact) mass is 281 g/mol. The minimum Gasteiger partial charge on any atom is -0.368 e. The molecule has 18 heavy (non-hydrogen) atoms. The summed E-state index contributed by atoms with van der Waals surface area (Å²) in [4.78, 5) is 0. The summed E-state index contributed by atoms with van der Waals surface area (Å²) in [6.07, 6.45) is 0.811. The Bertz CT molecular complexity index is 526. The number of hydrogen-bond acceptors (Lipinski definition) is 3. The summed E-state index contributed by atoms with van der Waals surface area (Å²) < 4.78 is 0. The van der Waals surface area contributed by atoms with Crippen LogP contribution in [-0.4, -0.2) is 16.7 Å². The van der Waals surface area contributed by atoms with Crippen LogP contribution in [0.4, 0.5) is 5.82 Å². The summed E-state index contributed by atoms with van der Waals surface area (Å²) >= 11 is 11.9. The Labute approximate surface area is 116 Å². The molecule has 0 unspecified atom stereocenters. The van der Waals surface area contributed by atoms with Crippen LogP contribution in [0.15, 0.2) is 30.3 Å². The molecule has 0 amide bonds. The van der Waals surface area contributed by atoms with Crippen molar-refractivity contribution < 1.29 is 0 Å². The lowest BCUT2D eigenvalue weighted by molar-refractivity contribution is 0.945. The average molecular weight is 282 g/mol. The molecule has 0 aliphatic rings. The van der Waals surface area contributed by atoms with E-state index in [0.717, 1.165) is 30.0 Å². The molecule has 0 aliphatic carbocycles. The van der Waals surface area contributed by atoms with Gasteiger partial charge in [-0.05, 0) is 43.2 Å². The zero-order valence-corrected chi connectivity index (χ0v) is 11.5. The van der Waals surface area contributed by atoms with Crippen LogP contribution in [0.1, 0.15) is 11.3 Å². The second-order valence-electron chi connectivity index (χ2n) is 3.97. The van der Waals surface area contributed by atoms with Gasteiger partial charge in [-0.1, -0.05) is 29.3 Å². The van der Waals surface area contributed by atoms with Crippen LogP contribution in [-0.2, 0) is 6.42 Å². The fourth-order valence-corrected chi connectivity index (χ4v) is 2.05. The van der Waals surface area contributed by atoms with Gasteiger partial charge in [-0.15, -0.1) is 5.10 Å². The Kier molecular flexibility index (Phi) is 4.39. The molecule has 2 rings (SSSR count). The molecule has 0 saturated heterocycles. The van der Waals surface area contributed by atoms with Crippen molar-refractivity contribution in [1.82, 2.24) is 10.2 Å². The number of aromatic nitrogens is 2. The molecule has 1 N–H and O–H groups in total. The van der Waals surface area contributed by atoms with Gasteiger partial charge in [0.25, 0.3) is 0 Å². The number of aryl methyl sites for hydroxylation is 1. The van der Waals surface area contributed by atoms with Crippen molar-refractivity contribution in [1.29, 1.82) is 0 Å². The van der Waals surface area contributed by atoms with Gasteiger partial charge in [0, 0.05) is 16.6 Å². The molecule has 94 valence electrons. The van der Waals surface area contributed by atoms with Gasteiger partial charge in [0.2, 0.25) is 0 Å². The largest absolute Gasteiger partial charge is 0.368 e. The van der Waals surface area contributed by atoms with E-state index in [1.54, 1.807) is 6.07 Å². The fraction of sp³-hybridized carbons (Fsp3) is 0.231. The standard InChI is InChI=1S/C13H13Cl2N3/c1-9-2-5-13(18-17-9)16-7-6-10-3-4-11(14)8-12(10)15/h2-5,8H,6-7H2,1H3,(H,16,18). The van der Waals surface area contributed by atoms with E-state index in [0.29, 0.717) is 10.0 Å². The molecule has 3 nitrogen and oxygen atoms in total.